The average molecular weight is 517 g/mol. The minimum atomic E-state index is -4.19. The topological polar surface area (TPSA) is 113 Å². The van der Waals surface area contributed by atoms with Gasteiger partial charge in [0, 0.05) is 24.3 Å². The van der Waals surface area contributed by atoms with E-state index in [4.69, 9.17) is 11.6 Å². The first-order chi connectivity index (χ1) is 16.6. The van der Waals surface area contributed by atoms with Crippen LogP contribution < -0.4 is 10.0 Å². The average Bonchev–Trinajstić information content (AvgIpc) is 3.18. The lowest BCUT2D eigenvalue weighted by Crippen LogP contribution is -2.62. The number of hydrogen-bond acceptors (Lipinski definition) is 4. The number of rotatable bonds is 8. The van der Waals surface area contributed by atoms with Crippen molar-refractivity contribution in [2.24, 2.45) is 0 Å². The Labute approximate surface area is 207 Å². The van der Waals surface area contributed by atoms with E-state index >= 15 is 0 Å². The third kappa shape index (κ3) is 5.53. The van der Waals surface area contributed by atoms with Crippen molar-refractivity contribution in [1.29, 1.82) is 0 Å². The number of fused-ring (bicyclic) bond motifs is 1. The van der Waals surface area contributed by atoms with Gasteiger partial charge in [-0.3, -0.25) is 4.79 Å². The lowest BCUT2D eigenvalue weighted by Gasteiger charge is -2.30. The zero-order chi connectivity index (χ0) is 25.2. The fourth-order valence-electron chi connectivity index (χ4n) is 4.20. The third-order valence-electron chi connectivity index (χ3n) is 5.93. The Morgan fingerprint density at radius 1 is 1.00 bits per heavy atom. The molecular weight excluding hydrogens is 495 g/mol. The maximum absolute atomic E-state index is 13.6. The van der Waals surface area contributed by atoms with Crippen LogP contribution >= 0.6 is 11.6 Å². The fourth-order valence-corrected chi connectivity index (χ4v) is 5.86. The molecule has 1 atom stereocenters. The van der Waals surface area contributed by atoms with Crippen LogP contribution in [0.25, 0.3) is 0 Å². The van der Waals surface area contributed by atoms with Crippen molar-refractivity contribution in [3.8, 4) is 0 Å². The van der Waals surface area contributed by atoms with E-state index in [1.807, 2.05) is 0 Å². The van der Waals surface area contributed by atoms with Crippen molar-refractivity contribution >= 4 is 33.5 Å². The van der Waals surface area contributed by atoms with Gasteiger partial charge in [0.25, 0.3) is 0 Å². The van der Waals surface area contributed by atoms with E-state index in [-0.39, 0.29) is 29.2 Å². The number of halogens is 2. The molecule has 7 nitrogen and oxygen atoms in total. The van der Waals surface area contributed by atoms with Gasteiger partial charge in [0.15, 0.2) is 0 Å². The molecule has 3 aromatic rings. The monoisotopic (exact) mass is 516 g/mol. The maximum atomic E-state index is 13.6. The Kier molecular flexibility index (Phi) is 6.93. The van der Waals surface area contributed by atoms with Gasteiger partial charge in [0.1, 0.15) is 17.4 Å². The molecule has 0 heterocycles. The molecule has 1 unspecified atom stereocenters. The Morgan fingerprint density at radius 2 is 1.63 bits per heavy atom. The lowest BCUT2D eigenvalue weighted by molar-refractivity contribution is -0.142. The predicted octanol–water partition coefficient (Wildman–Crippen LogP) is 3.11. The number of amides is 1. The van der Waals surface area contributed by atoms with Crippen LogP contribution in [-0.2, 0) is 38.9 Å². The summed E-state index contributed by atoms with van der Waals surface area (Å²) in [6.07, 6.45) is -0.0270. The van der Waals surface area contributed by atoms with E-state index in [1.165, 1.54) is 48.5 Å². The summed E-state index contributed by atoms with van der Waals surface area (Å²) in [5.74, 6) is -2.54. The zero-order valence-corrected chi connectivity index (χ0v) is 19.9. The molecule has 0 bridgehead atoms. The number of carboxylic acids is 1. The van der Waals surface area contributed by atoms with Gasteiger partial charge in [-0.25, -0.2) is 17.6 Å². The van der Waals surface area contributed by atoms with Gasteiger partial charge in [-0.15, -0.1) is 0 Å². The summed E-state index contributed by atoms with van der Waals surface area (Å²) < 4.78 is 42.3. The van der Waals surface area contributed by atoms with E-state index in [0.29, 0.717) is 5.56 Å². The molecule has 182 valence electrons. The lowest BCUT2D eigenvalue weighted by atomic mass is 9.95. The highest BCUT2D eigenvalue weighted by molar-refractivity contribution is 7.89. The predicted molar refractivity (Wildman–Crippen MR) is 128 cm³/mol. The molecule has 0 fully saturated rings. The molecule has 0 saturated heterocycles. The highest BCUT2D eigenvalue weighted by Gasteiger charge is 2.47. The van der Waals surface area contributed by atoms with E-state index in [1.54, 1.807) is 24.3 Å². The molecule has 0 aromatic heterocycles. The summed E-state index contributed by atoms with van der Waals surface area (Å²) in [7, 11) is -4.19. The first-order valence-corrected chi connectivity index (χ1v) is 12.6. The van der Waals surface area contributed by atoms with Gasteiger partial charge in [-0.05, 0) is 47.0 Å². The van der Waals surface area contributed by atoms with E-state index in [9.17, 15) is 27.5 Å². The first kappa shape index (κ1) is 24.8. The van der Waals surface area contributed by atoms with Crippen molar-refractivity contribution in [3.05, 3.63) is 100 Å². The molecular formula is C25H22ClFN2O5S. The molecule has 0 spiro atoms. The number of benzene rings is 3. The molecule has 3 N–H and O–H groups in total. The van der Waals surface area contributed by atoms with Gasteiger partial charge >= 0.3 is 5.97 Å². The number of aliphatic carboxylic acids is 1. The van der Waals surface area contributed by atoms with Crippen molar-refractivity contribution in [2.75, 3.05) is 0 Å². The number of carbonyl (C=O) groups excluding carboxylic acids is 1. The van der Waals surface area contributed by atoms with Gasteiger partial charge in [-0.1, -0.05) is 54.1 Å². The maximum Gasteiger partial charge on any atom is 0.326 e. The van der Waals surface area contributed by atoms with Crippen LogP contribution in [0, 0.1) is 5.82 Å². The smallest absolute Gasteiger partial charge is 0.326 e. The molecule has 4 rings (SSSR count). The largest absolute Gasteiger partial charge is 0.480 e. The summed E-state index contributed by atoms with van der Waals surface area (Å²) in [5, 5.41) is 12.4. The van der Waals surface area contributed by atoms with Crippen LogP contribution in [0.3, 0.4) is 0 Å². The van der Waals surface area contributed by atoms with Crippen LogP contribution in [0.5, 0.6) is 0 Å². The van der Waals surface area contributed by atoms with Crippen LogP contribution in [0.1, 0.15) is 16.7 Å². The highest BCUT2D eigenvalue weighted by atomic mass is 35.5. The summed E-state index contributed by atoms with van der Waals surface area (Å²) in [5.41, 5.74) is 0.410. The quantitative estimate of drug-likeness (QED) is 0.426. The van der Waals surface area contributed by atoms with Gasteiger partial charge < -0.3 is 10.4 Å². The van der Waals surface area contributed by atoms with E-state index < -0.39 is 39.3 Å². The Balaban J connectivity index is 1.65. The van der Waals surface area contributed by atoms with Crippen LogP contribution in [-0.4, -0.2) is 37.0 Å². The molecule has 35 heavy (non-hydrogen) atoms. The molecule has 0 saturated carbocycles. The molecule has 10 heteroatoms. The number of carboxylic acid groups (broad SMARTS) is 1. The van der Waals surface area contributed by atoms with Crippen LogP contribution in [0.15, 0.2) is 77.7 Å². The standard InChI is InChI=1S/C25H22ClFN2O5S/c26-19-6-3-7-21(13-19)35(33,34)29-25(14-17-4-1-2-5-18(17)15-25)24(32)28-22(23(30)31)12-16-8-10-20(27)11-9-16/h1-11,13,22,29H,12,14-15H2,(H,28,32)(H,30,31). The molecule has 0 aliphatic heterocycles. The second-order valence-corrected chi connectivity index (χ2v) is 10.6. The normalized spacial score (nSPS) is 15.3. The van der Waals surface area contributed by atoms with E-state index in [0.717, 1.165) is 11.1 Å². The van der Waals surface area contributed by atoms with Gasteiger partial charge in [0.05, 0.1) is 4.90 Å². The van der Waals surface area contributed by atoms with Crippen molar-refractivity contribution < 1.29 is 27.5 Å². The summed E-state index contributed by atoms with van der Waals surface area (Å²) in [6, 6.07) is 16.7. The number of nitrogens with one attached hydrogen (secondary N) is 2. The van der Waals surface area contributed by atoms with Gasteiger partial charge in [-0.2, -0.15) is 4.72 Å². The van der Waals surface area contributed by atoms with Crippen LogP contribution in [0.2, 0.25) is 5.02 Å². The Bertz CT molecular complexity index is 1350. The molecule has 0 radical (unpaired) electrons. The van der Waals surface area contributed by atoms with Gasteiger partial charge in [0.2, 0.25) is 15.9 Å². The molecule has 1 amide bonds. The van der Waals surface area contributed by atoms with Crippen molar-refractivity contribution in [1.82, 2.24) is 10.0 Å². The van der Waals surface area contributed by atoms with E-state index in [2.05, 4.69) is 10.0 Å². The minimum Gasteiger partial charge on any atom is -0.480 e. The number of hydrogen-bond donors (Lipinski definition) is 3. The molecule has 1 aliphatic carbocycles. The van der Waals surface area contributed by atoms with Crippen molar-refractivity contribution in [2.45, 2.75) is 35.7 Å². The highest BCUT2D eigenvalue weighted by Crippen LogP contribution is 2.32. The fraction of sp³-hybridized carbons (Fsp3) is 0.200. The summed E-state index contributed by atoms with van der Waals surface area (Å²) >= 11 is 5.97. The Morgan fingerprint density at radius 3 is 2.20 bits per heavy atom. The zero-order valence-electron chi connectivity index (χ0n) is 18.4. The first-order valence-electron chi connectivity index (χ1n) is 10.7. The number of carbonyl (C=O) groups is 2. The summed E-state index contributed by atoms with van der Waals surface area (Å²) in [4.78, 5) is 25.4. The third-order valence-corrected chi connectivity index (χ3v) is 7.70. The van der Waals surface area contributed by atoms with Crippen LogP contribution in [0.4, 0.5) is 4.39 Å². The Hall–Kier alpha value is -3.27. The molecule has 3 aromatic carbocycles. The SMILES string of the molecule is O=C(O)C(Cc1ccc(F)cc1)NC(=O)C1(NS(=O)(=O)c2cccc(Cl)c2)Cc2ccccc2C1. The van der Waals surface area contributed by atoms with Crippen molar-refractivity contribution in [3.63, 3.8) is 0 Å². The number of sulfonamides is 1. The molecule has 1 aliphatic rings. The second-order valence-electron chi connectivity index (χ2n) is 8.46. The minimum absolute atomic E-state index is 0.0394. The summed E-state index contributed by atoms with van der Waals surface area (Å²) in [6.45, 7) is 0. The second kappa shape index (κ2) is 9.77.